The highest BCUT2D eigenvalue weighted by atomic mass is 35.5. The van der Waals surface area contributed by atoms with Crippen LogP contribution in [0.5, 0.6) is 0 Å². The van der Waals surface area contributed by atoms with Crippen LogP contribution in [-0.2, 0) is 0 Å². The summed E-state index contributed by atoms with van der Waals surface area (Å²) in [6.07, 6.45) is 1.53. The van der Waals surface area contributed by atoms with Crippen LogP contribution in [-0.4, -0.2) is 10.1 Å². The molecule has 0 atom stereocenters. The van der Waals surface area contributed by atoms with Gasteiger partial charge in [-0.25, -0.2) is 0 Å². The molecule has 0 aliphatic heterocycles. The molecule has 0 unspecified atom stereocenters. The zero-order valence-electron chi connectivity index (χ0n) is 6.34. The molecule has 12 heavy (non-hydrogen) atoms. The van der Waals surface area contributed by atoms with Crippen molar-refractivity contribution in [1.29, 1.82) is 0 Å². The van der Waals surface area contributed by atoms with E-state index < -0.39 is 0 Å². The highest BCUT2D eigenvalue weighted by molar-refractivity contribution is 6.36. The first kappa shape index (κ1) is 7.36. The predicted molar refractivity (Wildman–Crippen MR) is 46.0 cm³/mol. The third-order valence-electron chi connectivity index (χ3n) is 1.66. The van der Waals surface area contributed by atoms with Gasteiger partial charge in [-0.2, -0.15) is 0 Å². The first-order valence-electron chi connectivity index (χ1n) is 3.36. The molecule has 0 aliphatic carbocycles. The molecule has 0 bridgehead atoms. The second-order valence-electron chi connectivity index (χ2n) is 2.46. The van der Waals surface area contributed by atoms with Crippen LogP contribution in [0.4, 0.5) is 5.82 Å². The molecular weight excluding hydrogens is 178 g/mol. The Bertz CT molecular complexity index is 437. The number of hydrogen-bond donors (Lipinski definition) is 1. The average molecular weight is 184 g/mol. The largest absolute Gasteiger partial charge is 0.380 e. The molecule has 0 aromatic carbocycles. The van der Waals surface area contributed by atoms with Crippen molar-refractivity contribution in [3.8, 4) is 0 Å². The number of nitrogen functional groups attached to an aromatic ring is 1. The van der Waals surface area contributed by atoms with Crippen LogP contribution in [0.3, 0.4) is 0 Å². The fourth-order valence-corrected chi connectivity index (χ4v) is 1.29. The number of aryl methyl sites for hydroxylation is 1. The molecule has 0 spiro atoms. The first-order chi connectivity index (χ1) is 5.70. The molecule has 2 rings (SSSR count). The minimum atomic E-state index is 0.306. The van der Waals surface area contributed by atoms with E-state index in [-0.39, 0.29) is 0 Å². The Balaban J connectivity index is 2.98. The Labute approximate surface area is 73.3 Å². The Morgan fingerprint density at radius 1 is 1.58 bits per heavy atom. The molecule has 2 heterocycles. The van der Waals surface area contributed by atoms with Gasteiger partial charge in [0.2, 0.25) is 0 Å². The molecule has 0 saturated carbocycles. The van der Waals surface area contributed by atoms with Gasteiger partial charge in [0, 0.05) is 6.20 Å². The van der Waals surface area contributed by atoms with Crippen LogP contribution >= 0.6 is 11.6 Å². The maximum atomic E-state index is 5.83. The zero-order chi connectivity index (χ0) is 8.72. The Kier molecular flexibility index (Phi) is 1.44. The summed E-state index contributed by atoms with van der Waals surface area (Å²) < 4.78 is 4.94. The van der Waals surface area contributed by atoms with Gasteiger partial charge >= 0.3 is 0 Å². The Morgan fingerprint density at radius 3 is 3.00 bits per heavy atom. The van der Waals surface area contributed by atoms with Gasteiger partial charge in [-0.1, -0.05) is 16.8 Å². The summed E-state index contributed by atoms with van der Waals surface area (Å²) in [4.78, 5) is 4.00. The lowest BCUT2D eigenvalue weighted by atomic mass is 10.2. The summed E-state index contributed by atoms with van der Waals surface area (Å²) in [7, 11) is 0. The van der Waals surface area contributed by atoms with Crippen molar-refractivity contribution < 1.29 is 4.52 Å². The highest BCUT2D eigenvalue weighted by Gasteiger charge is 2.11. The number of fused-ring (bicyclic) bond motifs is 1. The third-order valence-corrected chi connectivity index (χ3v) is 1.94. The fraction of sp³-hybridized carbons (Fsp3) is 0.143. The minimum absolute atomic E-state index is 0.306. The highest BCUT2D eigenvalue weighted by Crippen LogP contribution is 2.28. The van der Waals surface area contributed by atoms with Gasteiger partial charge < -0.3 is 10.3 Å². The maximum Gasteiger partial charge on any atom is 0.191 e. The summed E-state index contributed by atoms with van der Waals surface area (Å²) in [5.74, 6) is 0.306. The SMILES string of the molecule is Cc1ncc(Cl)c2c(N)noc12. The van der Waals surface area contributed by atoms with Gasteiger partial charge in [0.1, 0.15) is 0 Å². The van der Waals surface area contributed by atoms with Crippen LogP contribution in [0.15, 0.2) is 10.7 Å². The van der Waals surface area contributed by atoms with Crippen LogP contribution in [0.25, 0.3) is 11.0 Å². The van der Waals surface area contributed by atoms with E-state index >= 15 is 0 Å². The molecule has 0 saturated heterocycles. The van der Waals surface area contributed by atoms with Gasteiger partial charge in [0.25, 0.3) is 0 Å². The number of halogens is 1. The molecule has 4 nitrogen and oxygen atoms in total. The molecule has 0 fully saturated rings. The predicted octanol–water partition coefficient (Wildman–Crippen LogP) is 1.77. The normalized spacial score (nSPS) is 10.8. The van der Waals surface area contributed by atoms with Gasteiger partial charge in [-0.05, 0) is 6.92 Å². The number of aromatic nitrogens is 2. The molecular formula is C7H6ClN3O. The van der Waals surface area contributed by atoms with E-state index in [1.54, 1.807) is 0 Å². The van der Waals surface area contributed by atoms with Crippen molar-refractivity contribution in [2.75, 3.05) is 5.73 Å². The molecule has 0 radical (unpaired) electrons. The van der Waals surface area contributed by atoms with Crippen LogP contribution in [0.2, 0.25) is 5.02 Å². The molecule has 0 aliphatic rings. The van der Waals surface area contributed by atoms with Crippen molar-refractivity contribution in [3.63, 3.8) is 0 Å². The van der Waals surface area contributed by atoms with E-state index in [4.69, 9.17) is 21.9 Å². The lowest BCUT2D eigenvalue weighted by Crippen LogP contribution is -1.86. The monoisotopic (exact) mass is 183 g/mol. The van der Waals surface area contributed by atoms with Gasteiger partial charge in [0.15, 0.2) is 11.4 Å². The summed E-state index contributed by atoms with van der Waals surface area (Å²) in [6, 6.07) is 0. The molecule has 5 heteroatoms. The van der Waals surface area contributed by atoms with E-state index in [0.717, 1.165) is 5.69 Å². The summed E-state index contributed by atoms with van der Waals surface area (Å²) in [5, 5.41) is 4.71. The first-order valence-corrected chi connectivity index (χ1v) is 3.74. The van der Waals surface area contributed by atoms with Crippen molar-refractivity contribution in [2.24, 2.45) is 0 Å². The molecule has 2 aromatic heterocycles. The topological polar surface area (TPSA) is 64.9 Å². The van der Waals surface area contributed by atoms with Crippen LogP contribution in [0, 0.1) is 6.92 Å². The number of anilines is 1. The number of rotatable bonds is 0. The molecule has 62 valence electrons. The van der Waals surface area contributed by atoms with E-state index in [1.807, 2.05) is 6.92 Å². The van der Waals surface area contributed by atoms with Crippen molar-refractivity contribution in [1.82, 2.24) is 10.1 Å². The molecule has 0 amide bonds. The standard InChI is InChI=1S/C7H6ClN3O/c1-3-6-5(4(8)2-10-3)7(9)11-12-6/h2H,1H3,(H2,9,11). The number of nitrogens with two attached hydrogens (primary N) is 1. The smallest absolute Gasteiger partial charge is 0.191 e. The minimum Gasteiger partial charge on any atom is -0.380 e. The van der Waals surface area contributed by atoms with Crippen molar-refractivity contribution >= 4 is 28.4 Å². The van der Waals surface area contributed by atoms with E-state index in [9.17, 15) is 0 Å². The lowest BCUT2D eigenvalue weighted by Gasteiger charge is -1.93. The third kappa shape index (κ3) is 0.848. The van der Waals surface area contributed by atoms with E-state index in [2.05, 4.69) is 10.1 Å². The van der Waals surface area contributed by atoms with Crippen molar-refractivity contribution in [3.05, 3.63) is 16.9 Å². The summed E-state index contributed by atoms with van der Waals surface area (Å²) in [6.45, 7) is 1.81. The molecule has 2 aromatic rings. The van der Waals surface area contributed by atoms with Gasteiger partial charge in [-0.3, -0.25) is 4.98 Å². The van der Waals surface area contributed by atoms with Crippen LogP contribution < -0.4 is 5.73 Å². The molecule has 2 N–H and O–H groups in total. The van der Waals surface area contributed by atoms with Crippen LogP contribution in [0.1, 0.15) is 5.69 Å². The number of pyridine rings is 1. The maximum absolute atomic E-state index is 5.83. The lowest BCUT2D eigenvalue weighted by molar-refractivity contribution is 0.458. The number of hydrogen-bond acceptors (Lipinski definition) is 4. The average Bonchev–Trinajstić information content (AvgIpc) is 2.42. The second kappa shape index (κ2) is 2.35. The van der Waals surface area contributed by atoms with E-state index in [1.165, 1.54) is 6.20 Å². The second-order valence-corrected chi connectivity index (χ2v) is 2.87. The van der Waals surface area contributed by atoms with Crippen molar-refractivity contribution in [2.45, 2.75) is 6.92 Å². The summed E-state index contributed by atoms with van der Waals surface area (Å²) >= 11 is 5.83. The quantitative estimate of drug-likeness (QED) is 0.676. The Morgan fingerprint density at radius 2 is 2.33 bits per heavy atom. The summed E-state index contributed by atoms with van der Waals surface area (Å²) in [5.41, 5.74) is 6.82. The van der Waals surface area contributed by atoms with Gasteiger partial charge in [-0.15, -0.1) is 0 Å². The number of nitrogens with zero attached hydrogens (tertiary/aromatic N) is 2. The zero-order valence-corrected chi connectivity index (χ0v) is 7.09. The Hall–Kier alpha value is -1.29. The van der Waals surface area contributed by atoms with Gasteiger partial charge in [0.05, 0.1) is 16.1 Å². The fourth-order valence-electron chi connectivity index (χ4n) is 1.06. The van der Waals surface area contributed by atoms with E-state index in [0.29, 0.717) is 21.8 Å².